The topological polar surface area (TPSA) is 204 Å². The molecular formula is C22H21N7O7S2. The maximum absolute atomic E-state index is 13.0. The van der Waals surface area contributed by atoms with Gasteiger partial charge in [0, 0.05) is 25.3 Å². The van der Waals surface area contributed by atoms with Crippen LogP contribution in [0.25, 0.3) is 11.3 Å². The number of aromatic nitrogens is 3. The minimum Gasteiger partial charge on any atom is -0.494 e. The van der Waals surface area contributed by atoms with Crippen LogP contribution in [0.3, 0.4) is 0 Å². The van der Waals surface area contributed by atoms with Gasteiger partial charge in [0.25, 0.3) is 5.91 Å². The molecule has 0 aliphatic rings. The van der Waals surface area contributed by atoms with Crippen molar-refractivity contribution in [2.45, 2.75) is 12.4 Å². The standard InChI is InChI=1S/C22H21N7O7S2/c1-11(31)25-15(6-7-23)26-21-28-29-22(38-21)27-19(32)14-9-12(17-13(34-2)5-4-8-24-17)18(20(33)35-14)36-16(10-30)37-3/h5-7,9,16,30H,10,23H2,1-3H3,(H,27,29,32)(H,25,26,28,31)/b7-6-. The molecule has 0 radical (unpaired) electrons. The van der Waals surface area contributed by atoms with Gasteiger partial charge in [-0.3, -0.25) is 14.9 Å². The molecule has 0 saturated heterocycles. The van der Waals surface area contributed by atoms with Gasteiger partial charge in [-0.15, -0.1) is 22.0 Å². The van der Waals surface area contributed by atoms with Crippen molar-refractivity contribution in [1.29, 1.82) is 0 Å². The number of rotatable bonds is 10. The van der Waals surface area contributed by atoms with E-state index in [1.165, 1.54) is 38.4 Å². The number of nitrogens with two attached hydrogens (primary N) is 1. The summed E-state index contributed by atoms with van der Waals surface area (Å²) >= 11 is 2.04. The number of carbonyl (C=O) groups is 2. The lowest BCUT2D eigenvalue weighted by atomic mass is 10.1. The summed E-state index contributed by atoms with van der Waals surface area (Å²) < 4.78 is 16.1. The van der Waals surface area contributed by atoms with E-state index in [0.717, 1.165) is 23.1 Å². The van der Waals surface area contributed by atoms with E-state index in [0.29, 0.717) is 0 Å². The van der Waals surface area contributed by atoms with E-state index in [9.17, 15) is 19.5 Å². The van der Waals surface area contributed by atoms with Crippen molar-refractivity contribution in [2.24, 2.45) is 10.7 Å². The van der Waals surface area contributed by atoms with E-state index in [-0.39, 0.29) is 44.8 Å². The molecule has 0 aliphatic carbocycles. The Morgan fingerprint density at radius 3 is 2.87 bits per heavy atom. The first-order valence-electron chi connectivity index (χ1n) is 10.5. The predicted molar refractivity (Wildman–Crippen MR) is 140 cm³/mol. The summed E-state index contributed by atoms with van der Waals surface area (Å²) in [5.41, 5.74) is 3.77. The number of aliphatic imine (C=N–C) groups is 1. The number of carbonyl (C=O) groups excluding carboxylic acids is 2. The molecule has 2 amide bonds. The third kappa shape index (κ3) is 7.06. The molecule has 3 heterocycles. The molecule has 0 bridgehead atoms. The lowest BCUT2D eigenvalue weighted by Gasteiger charge is -2.16. The number of amides is 2. The van der Waals surface area contributed by atoms with Crippen LogP contribution >= 0.6 is 23.1 Å². The van der Waals surface area contributed by atoms with Crippen molar-refractivity contribution in [1.82, 2.24) is 20.5 Å². The summed E-state index contributed by atoms with van der Waals surface area (Å²) in [6.07, 6.45) is 6.73. The zero-order chi connectivity index (χ0) is 27.7. The molecule has 0 aliphatic heterocycles. The van der Waals surface area contributed by atoms with E-state index in [1.807, 2.05) is 0 Å². The second-order valence-electron chi connectivity index (χ2n) is 6.92. The second-order valence-corrected chi connectivity index (χ2v) is 8.87. The summed E-state index contributed by atoms with van der Waals surface area (Å²) in [7, 11) is 1.39. The molecule has 3 rings (SSSR count). The SMILES string of the molecule is COc1cc#cnc1-c1cc(C(=O)Nc2nnc(/N=C(/C=C\N)NC(C)=O)s2)oc(=O)c1OC(CO)SC. The van der Waals surface area contributed by atoms with Crippen molar-refractivity contribution in [3.63, 3.8) is 0 Å². The van der Waals surface area contributed by atoms with E-state index in [1.54, 1.807) is 6.26 Å². The number of hydrogen-bond acceptors (Lipinski definition) is 14. The summed E-state index contributed by atoms with van der Waals surface area (Å²) in [6.45, 7) is 0.903. The Labute approximate surface area is 224 Å². The van der Waals surface area contributed by atoms with E-state index >= 15 is 0 Å². The van der Waals surface area contributed by atoms with Crippen LogP contribution < -0.4 is 31.5 Å². The van der Waals surface area contributed by atoms with Gasteiger partial charge in [-0.1, -0.05) is 11.3 Å². The van der Waals surface area contributed by atoms with Gasteiger partial charge >= 0.3 is 5.63 Å². The van der Waals surface area contributed by atoms with Gasteiger partial charge in [0.05, 0.1) is 19.3 Å². The Kier molecular flexibility index (Phi) is 9.76. The molecule has 38 heavy (non-hydrogen) atoms. The highest BCUT2D eigenvalue weighted by Crippen LogP contribution is 2.34. The van der Waals surface area contributed by atoms with Gasteiger partial charge in [0.1, 0.15) is 11.5 Å². The highest BCUT2D eigenvalue weighted by molar-refractivity contribution is 7.99. The summed E-state index contributed by atoms with van der Waals surface area (Å²) in [6, 6.07) is 5.32. The maximum atomic E-state index is 13.0. The minimum absolute atomic E-state index is 0.0262. The highest BCUT2D eigenvalue weighted by Gasteiger charge is 2.25. The maximum Gasteiger partial charge on any atom is 0.379 e. The van der Waals surface area contributed by atoms with Crippen LogP contribution in [0.4, 0.5) is 10.3 Å². The first-order chi connectivity index (χ1) is 18.3. The Morgan fingerprint density at radius 2 is 2.21 bits per heavy atom. The molecule has 5 N–H and O–H groups in total. The molecule has 3 aromatic rings. The van der Waals surface area contributed by atoms with Gasteiger partial charge in [-0.2, -0.15) is 4.98 Å². The zero-order valence-electron chi connectivity index (χ0n) is 20.2. The minimum atomic E-state index is -0.993. The van der Waals surface area contributed by atoms with Crippen LogP contribution in [0.2, 0.25) is 0 Å². The fourth-order valence-corrected chi connectivity index (χ4v) is 3.75. The van der Waals surface area contributed by atoms with Gasteiger partial charge in [-0.25, -0.2) is 9.79 Å². The summed E-state index contributed by atoms with van der Waals surface area (Å²) in [5, 5.41) is 22.2. The molecule has 0 fully saturated rings. The molecule has 3 aromatic heterocycles. The monoisotopic (exact) mass is 559 g/mol. The van der Waals surface area contributed by atoms with E-state index in [2.05, 4.69) is 43.1 Å². The first kappa shape index (κ1) is 28.1. The first-order valence-corrected chi connectivity index (χ1v) is 12.6. The lowest BCUT2D eigenvalue weighted by molar-refractivity contribution is -0.117. The molecule has 0 spiro atoms. The molecule has 14 nitrogen and oxygen atoms in total. The van der Waals surface area contributed by atoms with Crippen LogP contribution in [-0.4, -0.2) is 63.3 Å². The van der Waals surface area contributed by atoms with Crippen molar-refractivity contribution < 1.29 is 28.6 Å². The summed E-state index contributed by atoms with van der Waals surface area (Å²) in [5.74, 6) is -1.55. The number of nitrogens with one attached hydrogen (secondary N) is 2. The van der Waals surface area contributed by atoms with Crippen LogP contribution in [0.15, 0.2) is 38.6 Å². The Bertz CT molecular complexity index is 1420. The van der Waals surface area contributed by atoms with Crippen LogP contribution in [-0.2, 0) is 4.79 Å². The zero-order valence-corrected chi connectivity index (χ0v) is 21.8. The molecule has 0 aromatic carbocycles. The van der Waals surface area contributed by atoms with Gasteiger partial charge < -0.3 is 30.0 Å². The smallest absolute Gasteiger partial charge is 0.379 e. The van der Waals surface area contributed by atoms with Crippen molar-refractivity contribution in [3.8, 4) is 22.8 Å². The normalized spacial score (nSPS) is 12.1. The number of anilines is 1. The Morgan fingerprint density at radius 1 is 1.42 bits per heavy atom. The van der Waals surface area contributed by atoms with Gasteiger partial charge in [0.2, 0.25) is 21.9 Å². The quantitative estimate of drug-likeness (QED) is 0.157. The van der Waals surface area contributed by atoms with Crippen molar-refractivity contribution >= 4 is 51.0 Å². The third-order valence-electron chi connectivity index (χ3n) is 4.35. The number of aliphatic hydroxyl groups is 1. The fourth-order valence-electron chi connectivity index (χ4n) is 2.78. The number of methoxy groups -OCH3 is 1. The predicted octanol–water partition coefficient (Wildman–Crippen LogP) is 1.11. The molecule has 198 valence electrons. The largest absolute Gasteiger partial charge is 0.494 e. The van der Waals surface area contributed by atoms with E-state index in [4.69, 9.17) is 19.6 Å². The number of amidine groups is 1. The lowest BCUT2D eigenvalue weighted by Crippen LogP contribution is -2.26. The van der Waals surface area contributed by atoms with Crippen LogP contribution in [0, 0.1) is 12.3 Å². The second kappa shape index (κ2) is 13.2. The molecule has 1 unspecified atom stereocenters. The average Bonchev–Trinajstić information content (AvgIpc) is 3.33. The van der Waals surface area contributed by atoms with Crippen molar-refractivity contribution in [3.05, 3.63) is 52.9 Å². The Balaban J connectivity index is 1.97. The molecule has 16 heteroatoms. The highest BCUT2D eigenvalue weighted by atomic mass is 32.2. The van der Waals surface area contributed by atoms with Crippen LogP contribution in [0.1, 0.15) is 17.5 Å². The molecule has 1 atom stereocenters. The molecular weight excluding hydrogens is 538 g/mol. The van der Waals surface area contributed by atoms with Crippen molar-refractivity contribution in [2.75, 3.05) is 25.3 Å². The number of nitrogens with zero attached hydrogens (tertiary/aromatic N) is 4. The van der Waals surface area contributed by atoms with Gasteiger partial charge in [-0.05, 0) is 24.6 Å². The number of aliphatic hydroxyl groups excluding tert-OH is 1. The number of ether oxygens (including phenoxy) is 2. The Hall–Kier alpha value is -4.46. The fraction of sp³-hybridized carbons (Fsp3) is 0.227. The molecule has 0 saturated carbocycles. The third-order valence-corrected chi connectivity index (χ3v) is 5.85. The van der Waals surface area contributed by atoms with Crippen LogP contribution in [0.5, 0.6) is 11.5 Å². The average molecular weight is 560 g/mol. The number of thioether (sulfide) groups is 1. The number of hydrogen-bond donors (Lipinski definition) is 4. The summed E-state index contributed by atoms with van der Waals surface area (Å²) in [4.78, 5) is 45.3. The van der Waals surface area contributed by atoms with E-state index < -0.39 is 29.3 Å². The van der Waals surface area contributed by atoms with Gasteiger partial charge in [0.15, 0.2) is 16.9 Å².